The van der Waals surface area contributed by atoms with Gasteiger partial charge in [0.15, 0.2) is 0 Å². The maximum absolute atomic E-state index is 4.43. The van der Waals surface area contributed by atoms with Crippen LogP contribution in [-0.4, -0.2) is 28.4 Å². The molecule has 0 aliphatic heterocycles. The highest BCUT2D eigenvalue weighted by molar-refractivity contribution is 5.16. The largest absolute Gasteiger partial charge is 0.311 e. The monoisotopic (exact) mass is 238 g/mol. The van der Waals surface area contributed by atoms with Crippen LogP contribution in [0.15, 0.2) is 6.20 Å². The fraction of sp³-hybridized carbons (Fsp3) is 0.769. The molecule has 0 spiro atoms. The average Bonchev–Trinajstić information content (AvgIpc) is 2.57. The Morgan fingerprint density at radius 1 is 1.29 bits per heavy atom. The Morgan fingerprint density at radius 2 is 2.00 bits per heavy atom. The smallest absolute Gasteiger partial charge is 0.0666 e. The lowest BCUT2D eigenvalue weighted by Crippen LogP contribution is -2.40. The van der Waals surface area contributed by atoms with E-state index in [4.69, 9.17) is 0 Å². The van der Waals surface area contributed by atoms with Crippen LogP contribution in [0.25, 0.3) is 0 Å². The molecule has 1 aromatic rings. The summed E-state index contributed by atoms with van der Waals surface area (Å²) in [7, 11) is 1.98. The van der Waals surface area contributed by atoms with Crippen LogP contribution >= 0.6 is 0 Å². The van der Waals surface area contributed by atoms with Crippen molar-refractivity contribution in [3.8, 4) is 0 Å². The molecule has 2 N–H and O–H groups in total. The van der Waals surface area contributed by atoms with Crippen LogP contribution in [0, 0.1) is 0 Å². The summed E-state index contributed by atoms with van der Waals surface area (Å²) < 4.78 is 1.89. The van der Waals surface area contributed by atoms with Gasteiger partial charge in [-0.05, 0) is 27.2 Å². The minimum atomic E-state index is 0.199. The molecule has 4 nitrogen and oxygen atoms in total. The van der Waals surface area contributed by atoms with Gasteiger partial charge in [0.05, 0.1) is 5.69 Å². The zero-order chi connectivity index (χ0) is 12.9. The van der Waals surface area contributed by atoms with E-state index in [1.165, 1.54) is 11.3 Å². The molecule has 0 fully saturated rings. The maximum atomic E-state index is 4.43. The van der Waals surface area contributed by atoms with Crippen molar-refractivity contribution < 1.29 is 0 Å². The minimum Gasteiger partial charge on any atom is -0.311 e. The minimum absolute atomic E-state index is 0.199. The van der Waals surface area contributed by atoms with Gasteiger partial charge in [0, 0.05) is 44.0 Å². The first-order chi connectivity index (χ1) is 7.92. The lowest BCUT2D eigenvalue weighted by molar-refractivity contribution is 0.421. The zero-order valence-corrected chi connectivity index (χ0v) is 11.8. The van der Waals surface area contributed by atoms with E-state index in [0.29, 0.717) is 0 Å². The Balaban J connectivity index is 2.26. The van der Waals surface area contributed by atoms with E-state index in [0.717, 1.165) is 26.1 Å². The molecule has 0 aromatic carbocycles. The fourth-order valence-electron chi connectivity index (χ4n) is 1.78. The molecule has 1 heterocycles. The highest BCUT2D eigenvalue weighted by atomic mass is 15.3. The van der Waals surface area contributed by atoms with Crippen molar-refractivity contribution in [3.05, 3.63) is 17.5 Å². The average molecular weight is 238 g/mol. The number of hydrogen-bond donors (Lipinski definition) is 2. The van der Waals surface area contributed by atoms with Crippen LogP contribution in [0.5, 0.6) is 0 Å². The molecule has 0 saturated carbocycles. The molecule has 0 atom stereocenters. The molecule has 0 radical (unpaired) electrons. The van der Waals surface area contributed by atoms with Crippen LogP contribution in [0.3, 0.4) is 0 Å². The summed E-state index contributed by atoms with van der Waals surface area (Å²) in [4.78, 5) is 0. The van der Waals surface area contributed by atoms with Crippen LogP contribution < -0.4 is 10.6 Å². The number of rotatable bonds is 6. The number of aryl methyl sites for hydroxylation is 2. The van der Waals surface area contributed by atoms with E-state index in [9.17, 15) is 0 Å². The van der Waals surface area contributed by atoms with E-state index < -0.39 is 0 Å². The first-order valence-electron chi connectivity index (χ1n) is 6.39. The highest BCUT2D eigenvalue weighted by Crippen LogP contribution is 2.06. The third-order valence-electron chi connectivity index (χ3n) is 2.60. The summed E-state index contributed by atoms with van der Waals surface area (Å²) in [6.07, 6.45) is 3.10. The number of nitrogens with one attached hydrogen (secondary N) is 2. The summed E-state index contributed by atoms with van der Waals surface area (Å²) in [5, 5.41) is 11.3. The normalized spacial score (nSPS) is 12.1. The molecule has 17 heavy (non-hydrogen) atoms. The van der Waals surface area contributed by atoms with Gasteiger partial charge in [-0.2, -0.15) is 5.10 Å². The van der Waals surface area contributed by atoms with Gasteiger partial charge >= 0.3 is 0 Å². The van der Waals surface area contributed by atoms with Gasteiger partial charge < -0.3 is 10.6 Å². The molecule has 0 aliphatic carbocycles. The van der Waals surface area contributed by atoms with Gasteiger partial charge in [-0.15, -0.1) is 0 Å². The Bertz CT molecular complexity index is 336. The van der Waals surface area contributed by atoms with Crippen molar-refractivity contribution in [2.45, 2.75) is 46.2 Å². The van der Waals surface area contributed by atoms with Crippen LogP contribution in [0.2, 0.25) is 0 Å². The summed E-state index contributed by atoms with van der Waals surface area (Å²) in [6.45, 7) is 11.6. The van der Waals surface area contributed by atoms with Crippen molar-refractivity contribution in [1.29, 1.82) is 0 Å². The lowest BCUT2D eigenvalue weighted by Gasteiger charge is -2.20. The molecular formula is C13H26N4. The van der Waals surface area contributed by atoms with E-state index in [1.54, 1.807) is 0 Å². The van der Waals surface area contributed by atoms with Crippen molar-refractivity contribution in [2.24, 2.45) is 7.05 Å². The van der Waals surface area contributed by atoms with Crippen molar-refractivity contribution >= 4 is 0 Å². The van der Waals surface area contributed by atoms with Crippen molar-refractivity contribution in [2.75, 3.05) is 13.1 Å². The van der Waals surface area contributed by atoms with Gasteiger partial charge in [0.1, 0.15) is 0 Å². The first kappa shape index (κ1) is 14.2. The topological polar surface area (TPSA) is 41.9 Å². The summed E-state index contributed by atoms with van der Waals surface area (Å²) in [5.74, 6) is 0. The standard InChI is InChI=1S/C13H26N4/c1-6-12-11(10-17(5)16-12)9-14-7-8-15-13(2,3)4/h10,14-15H,6-9H2,1-5H3. The predicted molar refractivity (Wildman–Crippen MR) is 72.0 cm³/mol. The predicted octanol–water partition coefficient (Wildman–Crippen LogP) is 1.46. The maximum Gasteiger partial charge on any atom is 0.0666 e. The van der Waals surface area contributed by atoms with Gasteiger partial charge in [-0.25, -0.2) is 0 Å². The van der Waals surface area contributed by atoms with E-state index in [2.05, 4.69) is 49.6 Å². The second kappa shape index (κ2) is 6.17. The van der Waals surface area contributed by atoms with Gasteiger partial charge in [0.25, 0.3) is 0 Å². The van der Waals surface area contributed by atoms with Crippen LogP contribution in [0.4, 0.5) is 0 Å². The second-order valence-electron chi connectivity index (χ2n) is 5.48. The summed E-state index contributed by atoms with van der Waals surface area (Å²) >= 11 is 0. The van der Waals surface area contributed by atoms with Gasteiger partial charge in [0.2, 0.25) is 0 Å². The molecule has 98 valence electrons. The van der Waals surface area contributed by atoms with Crippen LogP contribution in [-0.2, 0) is 20.0 Å². The Morgan fingerprint density at radius 3 is 2.59 bits per heavy atom. The summed E-state index contributed by atoms with van der Waals surface area (Å²) in [5.41, 5.74) is 2.71. The van der Waals surface area contributed by atoms with Crippen molar-refractivity contribution in [3.63, 3.8) is 0 Å². The third-order valence-corrected chi connectivity index (χ3v) is 2.60. The lowest BCUT2D eigenvalue weighted by atomic mass is 10.1. The van der Waals surface area contributed by atoms with Crippen LogP contribution in [0.1, 0.15) is 39.0 Å². The molecule has 1 aromatic heterocycles. The SMILES string of the molecule is CCc1nn(C)cc1CNCCNC(C)(C)C. The molecule has 1 rings (SSSR count). The van der Waals surface area contributed by atoms with E-state index in [-0.39, 0.29) is 5.54 Å². The highest BCUT2D eigenvalue weighted by Gasteiger charge is 2.08. The molecule has 4 heteroatoms. The number of aromatic nitrogens is 2. The zero-order valence-electron chi connectivity index (χ0n) is 11.8. The molecule has 0 bridgehead atoms. The Hall–Kier alpha value is -0.870. The Labute approximate surface area is 105 Å². The van der Waals surface area contributed by atoms with Crippen molar-refractivity contribution in [1.82, 2.24) is 20.4 Å². The molecule has 0 unspecified atom stereocenters. The van der Waals surface area contributed by atoms with E-state index >= 15 is 0 Å². The molecular weight excluding hydrogens is 212 g/mol. The Kier molecular flexibility index (Phi) is 5.15. The third kappa shape index (κ3) is 5.33. The number of nitrogens with zero attached hydrogens (tertiary/aromatic N) is 2. The second-order valence-corrected chi connectivity index (χ2v) is 5.48. The van der Waals surface area contributed by atoms with Gasteiger partial charge in [-0.3, -0.25) is 4.68 Å². The fourth-order valence-corrected chi connectivity index (χ4v) is 1.78. The molecule has 0 aliphatic rings. The first-order valence-corrected chi connectivity index (χ1v) is 6.39. The quantitative estimate of drug-likeness (QED) is 0.737. The summed E-state index contributed by atoms with van der Waals surface area (Å²) in [6, 6.07) is 0. The van der Waals surface area contributed by atoms with Gasteiger partial charge in [-0.1, -0.05) is 6.92 Å². The molecule has 0 saturated heterocycles. The number of hydrogen-bond acceptors (Lipinski definition) is 3. The van der Waals surface area contributed by atoms with E-state index in [1.807, 2.05) is 11.7 Å². The molecule has 0 amide bonds.